The maximum atomic E-state index is 12.1. The highest BCUT2D eigenvalue weighted by atomic mass is 79.9. The highest BCUT2D eigenvalue weighted by Crippen LogP contribution is 2.31. The third kappa shape index (κ3) is 6.58. The second kappa shape index (κ2) is 7.85. The van der Waals surface area contributed by atoms with Crippen molar-refractivity contribution in [2.75, 3.05) is 13.2 Å². The van der Waals surface area contributed by atoms with Gasteiger partial charge in [0.25, 0.3) is 0 Å². The molecule has 2 N–H and O–H groups in total. The van der Waals surface area contributed by atoms with Crippen LogP contribution in [0.15, 0.2) is 22.7 Å². The van der Waals surface area contributed by atoms with Crippen LogP contribution in [0.2, 0.25) is 0 Å². The zero-order chi connectivity index (χ0) is 15.2. The van der Waals surface area contributed by atoms with Gasteiger partial charge in [-0.2, -0.15) is 0 Å². The number of rotatable bonds is 7. The highest BCUT2D eigenvalue weighted by molar-refractivity contribution is 9.10. The lowest BCUT2D eigenvalue weighted by Crippen LogP contribution is -2.21. The molecule has 1 aromatic carbocycles. The van der Waals surface area contributed by atoms with Crippen molar-refractivity contribution in [1.82, 2.24) is 5.32 Å². The summed E-state index contributed by atoms with van der Waals surface area (Å²) >= 11 is 3.06. The van der Waals surface area contributed by atoms with Crippen LogP contribution >= 0.6 is 15.9 Å². The van der Waals surface area contributed by atoms with E-state index in [1.54, 1.807) is 12.1 Å². The summed E-state index contributed by atoms with van der Waals surface area (Å²) in [5, 5.41) is 12.0. The Bertz CT molecular complexity index is 427. The van der Waals surface area contributed by atoms with Gasteiger partial charge in [0.05, 0.1) is 4.47 Å². The Kier molecular flexibility index (Phi) is 6.78. The van der Waals surface area contributed by atoms with E-state index in [9.17, 15) is 13.2 Å². The lowest BCUT2D eigenvalue weighted by atomic mass is 10.1. The Morgan fingerprint density at radius 2 is 2.10 bits per heavy atom. The molecule has 0 aliphatic rings. The van der Waals surface area contributed by atoms with Crippen LogP contribution in [0.4, 0.5) is 13.2 Å². The van der Waals surface area contributed by atoms with E-state index >= 15 is 0 Å². The van der Waals surface area contributed by atoms with Gasteiger partial charge in [-0.1, -0.05) is 13.0 Å². The molecule has 0 bridgehead atoms. The normalized spacial score (nSPS) is 13.3. The van der Waals surface area contributed by atoms with Gasteiger partial charge in [0, 0.05) is 13.2 Å². The largest absolute Gasteiger partial charge is 0.573 e. The van der Waals surface area contributed by atoms with E-state index in [4.69, 9.17) is 5.11 Å². The third-order valence-corrected chi connectivity index (χ3v) is 3.29. The van der Waals surface area contributed by atoms with E-state index in [0.29, 0.717) is 12.5 Å². The molecule has 0 saturated heterocycles. The molecule has 1 rings (SSSR count). The van der Waals surface area contributed by atoms with E-state index in [1.807, 2.05) is 6.92 Å². The molecule has 0 amide bonds. The Labute approximate surface area is 124 Å². The van der Waals surface area contributed by atoms with Crippen molar-refractivity contribution in [3.05, 3.63) is 28.2 Å². The summed E-state index contributed by atoms with van der Waals surface area (Å²) < 4.78 is 40.5. The molecule has 20 heavy (non-hydrogen) atoms. The first-order chi connectivity index (χ1) is 9.31. The molecule has 1 atom stereocenters. The molecular formula is C13H17BrF3NO2. The van der Waals surface area contributed by atoms with Gasteiger partial charge in [-0.3, -0.25) is 0 Å². The molecule has 0 aliphatic carbocycles. The smallest absolute Gasteiger partial charge is 0.405 e. The molecule has 0 fully saturated rings. The second-order valence-electron chi connectivity index (χ2n) is 4.56. The summed E-state index contributed by atoms with van der Waals surface area (Å²) in [4.78, 5) is 0. The standard InChI is InChI=1S/C13H17BrF3NO2/c1-9(4-5-19)7-18-8-10-2-3-12(11(14)6-10)20-13(15,16)17/h2-3,6,9,18-19H,4-5,7-8H2,1H3. The minimum Gasteiger partial charge on any atom is -0.405 e. The number of aliphatic hydroxyl groups excluding tert-OH is 1. The second-order valence-corrected chi connectivity index (χ2v) is 5.42. The van der Waals surface area contributed by atoms with Crippen molar-refractivity contribution >= 4 is 15.9 Å². The summed E-state index contributed by atoms with van der Waals surface area (Å²) in [6, 6.07) is 4.45. The molecule has 1 unspecified atom stereocenters. The number of ether oxygens (including phenoxy) is 1. The Morgan fingerprint density at radius 1 is 1.40 bits per heavy atom. The summed E-state index contributed by atoms with van der Waals surface area (Å²) in [6.07, 6.45) is -3.98. The number of halogens is 4. The SMILES string of the molecule is CC(CCO)CNCc1ccc(OC(F)(F)F)c(Br)c1. The average Bonchev–Trinajstić information content (AvgIpc) is 2.31. The zero-order valence-electron chi connectivity index (χ0n) is 11.0. The zero-order valence-corrected chi connectivity index (χ0v) is 12.6. The molecule has 0 aromatic heterocycles. The van der Waals surface area contributed by atoms with E-state index in [2.05, 4.69) is 26.0 Å². The number of hydrogen-bond donors (Lipinski definition) is 2. The van der Waals surface area contributed by atoms with Crippen LogP contribution in [0.3, 0.4) is 0 Å². The van der Waals surface area contributed by atoms with Gasteiger partial charge in [0.15, 0.2) is 0 Å². The lowest BCUT2D eigenvalue weighted by molar-refractivity contribution is -0.274. The molecule has 7 heteroatoms. The Morgan fingerprint density at radius 3 is 2.65 bits per heavy atom. The lowest BCUT2D eigenvalue weighted by Gasteiger charge is -2.13. The average molecular weight is 356 g/mol. The minimum atomic E-state index is -4.69. The third-order valence-electron chi connectivity index (χ3n) is 2.67. The fourth-order valence-corrected chi connectivity index (χ4v) is 2.15. The van der Waals surface area contributed by atoms with Crippen LogP contribution in [-0.2, 0) is 6.54 Å². The first kappa shape index (κ1) is 17.3. The number of hydrogen-bond acceptors (Lipinski definition) is 3. The maximum Gasteiger partial charge on any atom is 0.573 e. The van der Waals surface area contributed by atoms with Crippen LogP contribution in [0, 0.1) is 5.92 Å². The molecule has 1 aromatic rings. The fourth-order valence-electron chi connectivity index (χ4n) is 1.65. The van der Waals surface area contributed by atoms with Crippen molar-refractivity contribution in [2.24, 2.45) is 5.92 Å². The van der Waals surface area contributed by atoms with Crippen molar-refractivity contribution < 1.29 is 23.0 Å². The van der Waals surface area contributed by atoms with Crippen LogP contribution in [0.5, 0.6) is 5.75 Å². The summed E-state index contributed by atoms with van der Waals surface area (Å²) in [6.45, 7) is 3.44. The minimum absolute atomic E-state index is 0.151. The van der Waals surface area contributed by atoms with Crippen LogP contribution in [0.1, 0.15) is 18.9 Å². The van der Waals surface area contributed by atoms with Crippen molar-refractivity contribution in [3.63, 3.8) is 0 Å². The highest BCUT2D eigenvalue weighted by Gasteiger charge is 2.31. The number of benzene rings is 1. The van der Waals surface area contributed by atoms with Gasteiger partial charge in [0.1, 0.15) is 5.75 Å². The Hall–Kier alpha value is -0.790. The van der Waals surface area contributed by atoms with Crippen molar-refractivity contribution in [2.45, 2.75) is 26.3 Å². The van der Waals surface area contributed by atoms with Gasteiger partial charge in [0.2, 0.25) is 0 Å². The first-order valence-electron chi connectivity index (χ1n) is 6.17. The maximum absolute atomic E-state index is 12.1. The van der Waals surface area contributed by atoms with E-state index < -0.39 is 6.36 Å². The van der Waals surface area contributed by atoms with Gasteiger partial charge < -0.3 is 15.2 Å². The molecule has 0 spiro atoms. The van der Waals surface area contributed by atoms with Crippen LogP contribution < -0.4 is 10.1 Å². The van der Waals surface area contributed by atoms with Gasteiger partial charge in [-0.05, 0) is 52.5 Å². The fraction of sp³-hybridized carbons (Fsp3) is 0.538. The predicted octanol–water partition coefficient (Wildman–Crippen LogP) is 3.46. The topological polar surface area (TPSA) is 41.5 Å². The van der Waals surface area contributed by atoms with E-state index in [1.165, 1.54) is 6.07 Å². The van der Waals surface area contributed by atoms with Crippen LogP contribution in [0.25, 0.3) is 0 Å². The van der Waals surface area contributed by atoms with Crippen molar-refractivity contribution in [3.8, 4) is 5.75 Å². The van der Waals surface area contributed by atoms with Crippen LogP contribution in [-0.4, -0.2) is 24.6 Å². The monoisotopic (exact) mass is 355 g/mol. The molecule has 114 valence electrons. The number of aliphatic hydroxyl groups is 1. The molecule has 0 radical (unpaired) electrons. The number of nitrogens with one attached hydrogen (secondary N) is 1. The van der Waals surface area contributed by atoms with Gasteiger partial charge in [-0.15, -0.1) is 13.2 Å². The summed E-state index contributed by atoms with van der Waals surface area (Å²) in [5.41, 5.74) is 0.850. The summed E-state index contributed by atoms with van der Waals surface area (Å²) in [7, 11) is 0. The van der Waals surface area contributed by atoms with E-state index in [0.717, 1.165) is 18.5 Å². The predicted molar refractivity (Wildman–Crippen MR) is 73.4 cm³/mol. The van der Waals surface area contributed by atoms with E-state index in [-0.39, 0.29) is 16.8 Å². The van der Waals surface area contributed by atoms with Gasteiger partial charge >= 0.3 is 6.36 Å². The van der Waals surface area contributed by atoms with Crippen molar-refractivity contribution in [1.29, 1.82) is 0 Å². The quantitative estimate of drug-likeness (QED) is 0.786. The molecular weight excluding hydrogens is 339 g/mol. The molecule has 3 nitrogen and oxygen atoms in total. The number of alkyl halides is 3. The van der Waals surface area contributed by atoms with Gasteiger partial charge in [-0.25, -0.2) is 0 Å². The molecule has 0 aliphatic heterocycles. The molecule has 0 heterocycles. The molecule has 0 saturated carbocycles. The first-order valence-corrected chi connectivity index (χ1v) is 6.97. The Balaban J connectivity index is 2.51. The summed E-state index contributed by atoms with van der Waals surface area (Å²) in [5.74, 6) is 0.0891.